The van der Waals surface area contributed by atoms with Crippen LogP contribution in [0.15, 0.2) is 63.0 Å². The van der Waals surface area contributed by atoms with Gasteiger partial charge in [0.05, 0.1) is 16.6 Å². The van der Waals surface area contributed by atoms with E-state index in [2.05, 4.69) is 20.7 Å². The van der Waals surface area contributed by atoms with E-state index in [9.17, 15) is 9.59 Å². The average Bonchev–Trinajstić information content (AvgIpc) is 3.43. The Morgan fingerprint density at radius 3 is 2.71 bits per heavy atom. The third kappa shape index (κ3) is 3.86. The van der Waals surface area contributed by atoms with Gasteiger partial charge < -0.3 is 9.84 Å². The first-order chi connectivity index (χ1) is 16.4. The summed E-state index contributed by atoms with van der Waals surface area (Å²) in [5, 5.41) is 16.4. The molecule has 5 rings (SSSR count). The first-order valence-electron chi connectivity index (χ1n) is 10.8. The third-order valence-corrected chi connectivity index (χ3v) is 6.60. The summed E-state index contributed by atoms with van der Waals surface area (Å²) in [6, 6.07) is 14.9. The zero-order chi connectivity index (χ0) is 23.8. The number of nitrogens with one attached hydrogen (secondary N) is 1. The van der Waals surface area contributed by atoms with Gasteiger partial charge in [0.25, 0.3) is 5.56 Å². The quantitative estimate of drug-likeness (QED) is 0.370. The molecule has 9 nitrogen and oxygen atoms in total. The van der Waals surface area contributed by atoms with Crippen molar-refractivity contribution in [3.05, 3.63) is 75.8 Å². The van der Waals surface area contributed by atoms with Crippen LogP contribution in [0.25, 0.3) is 22.4 Å². The standard InChI is InChI=1S/C24H22N6O3S/c1-14-7-6-10-18(16(14)3)29-22(32)17-8-4-5-9-19(17)30-23(29)26-27-24(30)34-12-11-21(31)25-20-13-15(2)33-28-20/h4-10,13H,11-12H2,1-3H3,(H,25,28,31). The highest BCUT2D eigenvalue weighted by Crippen LogP contribution is 2.25. The summed E-state index contributed by atoms with van der Waals surface area (Å²) in [4.78, 5) is 25.8. The van der Waals surface area contributed by atoms with Crippen LogP contribution in [0.4, 0.5) is 5.82 Å². The summed E-state index contributed by atoms with van der Waals surface area (Å²) in [5.41, 5.74) is 3.42. The molecule has 0 saturated heterocycles. The Hall–Kier alpha value is -3.92. The van der Waals surface area contributed by atoms with Gasteiger partial charge in [0, 0.05) is 18.2 Å². The van der Waals surface area contributed by atoms with Gasteiger partial charge in [-0.1, -0.05) is 41.2 Å². The van der Waals surface area contributed by atoms with Gasteiger partial charge in [-0.05, 0) is 50.1 Å². The van der Waals surface area contributed by atoms with Gasteiger partial charge in [-0.15, -0.1) is 10.2 Å². The van der Waals surface area contributed by atoms with Crippen molar-refractivity contribution >= 4 is 40.2 Å². The number of aromatic nitrogens is 5. The van der Waals surface area contributed by atoms with Crippen molar-refractivity contribution in [1.82, 2.24) is 24.3 Å². The molecule has 0 aliphatic heterocycles. The van der Waals surface area contributed by atoms with Gasteiger partial charge in [-0.3, -0.25) is 14.0 Å². The van der Waals surface area contributed by atoms with E-state index < -0.39 is 0 Å². The monoisotopic (exact) mass is 474 g/mol. The fourth-order valence-electron chi connectivity index (χ4n) is 3.83. The first kappa shape index (κ1) is 21.9. The molecule has 0 unspecified atom stereocenters. The third-order valence-electron chi connectivity index (χ3n) is 5.67. The van der Waals surface area contributed by atoms with Crippen LogP contribution in [0.3, 0.4) is 0 Å². The topological polar surface area (TPSA) is 107 Å². The number of aryl methyl sites for hydroxylation is 2. The summed E-state index contributed by atoms with van der Waals surface area (Å²) >= 11 is 1.40. The molecule has 0 atom stereocenters. The van der Waals surface area contributed by atoms with Crippen LogP contribution < -0.4 is 10.9 Å². The molecule has 0 bridgehead atoms. The molecule has 0 aliphatic rings. The molecule has 1 N–H and O–H groups in total. The molecule has 0 saturated carbocycles. The van der Waals surface area contributed by atoms with Crippen molar-refractivity contribution in [2.45, 2.75) is 32.3 Å². The molecule has 3 heterocycles. The minimum absolute atomic E-state index is 0.150. The molecule has 0 spiro atoms. The van der Waals surface area contributed by atoms with Gasteiger partial charge in [-0.2, -0.15) is 0 Å². The second kappa shape index (κ2) is 8.79. The molecule has 0 aliphatic carbocycles. The molecule has 0 radical (unpaired) electrons. The predicted octanol–water partition coefficient (Wildman–Crippen LogP) is 4.07. The number of anilines is 1. The summed E-state index contributed by atoms with van der Waals surface area (Å²) < 4.78 is 8.46. The van der Waals surface area contributed by atoms with E-state index in [0.29, 0.717) is 33.7 Å². The maximum atomic E-state index is 13.5. The van der Waals surface area contributed by atoms with Gasteiger partial charge in [0.15, 0.2) is 11.0 Å². The molecule has 172 valence electrons. The van der Waals surface area contributed by atoms with Gasteiger partial charge >= 0.3 is 0 Å². The lowest BCUT2D eigenvalue weighted by molar-refractivity contribution is -0.115. The summed E-state index contributed by atoms with van der Waals surface area (Å²) in [6.45, 7) is 5.76. The van der Waals surface area contributed by atoms with Crippen LogP contribution in [0.1, 0.15) is 23.3 Å². The fraction of sp³-hybridized carbons (Fsp3) is 0.208. The Bertz CT molecular complexity index is 1600. The second-order valence-electron chi connectivity index (χ2n) is 7.96. The molecule has 3 aromatic heterocycles. The van der Waals surface area contributed by atoms with Crippen LogP contribution in [0.2, 0.25) is 0 Å². The van der Waals surface area contributed by atoms with Crippen LogP contribution in [0.5, 0.6) is 0 Å². The van der Waals surface area contributed by atoms with Gasteiger partial charge in [0.1, 0.15) is 5.76 Å². The highest BCUT2D eigenvalue weighted by atomic mass is 32.2. The van der Waals surface area contributed by atoms with Crippen molar-refractivity contribution in [2.75, 3.05) is 11.1 Å². The molecular weight excluding hydrogens is 452 g/mol. The van der Waals surface area contributed by atoms with E-state index in [1.54, 1.807) is 23.6 Å². The van der Waals surface area contributed by atoms with E-state index in [-0.39, 0.29) is 17.9 Å². The number of carbonyl (C=O) groups excluding carboxylic acids is 1. The number of nitrogens with zero attached hydrogens (tertiary/aromatic N) is 5. The summed E-state index contributed by atoms with van der Waals surface area (Å²) in [6.07, 6.45) is 0.250. The number of hydrogen-bond donors (Lipinski definition) is 1. The number of carbonyl (C=O) groups is 1. The normalized spacial score (nSPS) is 11.4. The number of hydrogen-bond acceptors (Lipinski definition) is 7. The molecule has 34 heavy (non-hydrogen) atoms. The zero-order valence-electron chi connectivity index (χ0n) is 18.9. The van der Waals surface area contributed by atoms with Crippen LogP contribution in [-0.4, -0.2) is 36.0 Å². The van der Waals surface area contributed by atoms with Crippen LogP contribution >= 0.6 is 11.8 Å². The van der Waals surface area contributed by atoms with Crippen molar-refractivity contribution in [3.8, 4) is 5.69 Å². The minimum atomic E-state index is -0.174. The minimum Gasteiger partial charge on any atom is -0.360 e. The molecule has 0 fully saturated rings. The van der Waals surface area contributed by atoms with Gasteiger partial charge in [-0.25, -0.2) is 4.57 Å². The lowest BCUT2D eigenvalue weighted by atomic mass is 10.1. The fourth-order valence-corrected chi connectivity index (χ4v) is 4.71. The number of thioether (sulfide) groups is 1. The Balaban J connectivity index is 1.52. The molecule has 10 heteroatoms. The molecular formula is C24H22N6O3S. The van der Waals surface area contributed by atoms with E-state index in [1.807, 2.05) is 54.6 Å². The van der Waals surface area contributed by atoms with Crippen molar-refractivity contribution in [2.24, 2.45) is 0 Å². The lowest BCUT2D eigenvalue weighted by Crippen LogP contribution is -2.22. The predicted molar refractivity (Wildman–Crippen MR) is 131 cm³/mol. The Morgan fingerprint density at radius 2 is 1.91 bits per heavy atom. The summed E-state index contributed by atoms with van der Waals surface area (Å²) in [7, 11) is 0. The maximum absolute atomic E-state index is 13.5. The second-order valence-corrected chi connectivity index (χ2v) is 9.03. The van der Waals surface area contributed by atoms with E-state index in [0.717, 1.165) is 22.3 Å². The highest BCUT2D eigenvalue weighted by molar-refractivity contribution is 7.99. The van der Waals surface area contributed by atoms with Crippen LogP contribution in [-0.2, 0) is 4.79 Å². The van der Waals surface area contributed by atoms with Crippen molar-refractivity contribution in [1.29, 1.82) is 0 Å². The van der Waals surface area contributed by atoms with Crippen molar-refractivity contribution in [3.63, 3.8) is 0 Å². The average molecular weight is 475 g/mol. The molecule has 2 aromatic carbocycles. The Labute approximate surface area is 198 Å². The Morgan fingerprint density at radius 1 is 1.09 bits per heavy atom. The smallest absolute Gasteiger partial charge is 0.267 e. The van der Waals surface area contributed by atoms with E-state index in [4.69, 9.17) is 4.52 Å². The highest BCUT2D eigenvalue weighted by Gasteiger charge is 2.19. The number of fused-ring (bicyclic) bond motifs is 3. The lowest BCUT2D eigenvalue weighted by Gasteiger charge is -2.14. The van der Waals surface area contributed by atoms with Crippen molar-refractivity contribution < 1.29 is 9.32 Å². The maximum Gasteiger partial charge on any atom is 0.267 e. The van der Waals surface area contributed by atoms with Crippen LogP contribution in [0, 0.1) is 20.8 Å². The SMILES string of the molecule is Cc1cc(NC(=O)CCSc2nnc3n(-c4cccc(C)c4C)c(=O)c4ccccc4n23)no1. The molecule has 5 aromatic rings. The number of rotatable bonds is 6. The Kier molecular flexibility index (Phi) is 5.66. The number of benzene rings is 2. The van der Waals surface area contributed by atoms with E-state index >= 15 is 0 Å². The van der Waals surface area contributed by atoms with E-state index in [1.165, 1.54) is 11.8 Å². The molecule has 1 amide bonds. The largest absolute Gasteiger partial charge is 0.360 e. The first-order valence-corrected chi connectivity index (χ1v) is 11.7. The number of amides is 1. The van der Waals surface area contributed by atoms with Gasteiger partial charge in [0.2, 0.25) is 11.7 Å². The number of para-hydroxylation sites is 1. The summed E-state index contributed by atoms with van der Waals surface area (Å²) in [5.74, 6) is 1.75. The zero-order valence-corrected chi connectivity index (χ0v) is 19.7.